The molecule has 0 aromatic rings. The second-order valence-corrected chi connectivity index (χ2v) is 3.15. The van der Waals surface area contributed by atoms with Crippen LogP contribution in [0.25, 0.3) is 0 Å². The summed E-state index contributed by atoms with van der Waals surface area (Å²) in [6, 6.07) is 0. The average molecular weight is 183 g/mol. The standard InChI is InChI=1S/C9H13NO3/c1-3-7(11)4-5-8-6-10(2)9(12)13-8/h1,7-8,11H,4-6H2,2H3. The molecule has 13 heavy (non-hydrogen) atoms. The first-order valence-electron chi connectivity index (χ1n) is 4.19. The summed E-state index contributed by atoms with van der Waals surface area (Å²) in [5.74, 6) is 2.21. The number of cyclic esters (lactones) is 1. The quantitative estimate of drug-likeness (QED) is 0.636. The Bertz CT molecular complexity index is 234. The maximum atomic E-state index is 10.9. The molecule has 1 aliphatic heterocycles. The first kappa shape index (κ1) is 9.87. The van der Waals surface area contributed by atoms with Crippen LogP contribution in [0.1, 0.15) is 12.8 Å². The molecule has 0 aliphatic carbocycles. The Balaban J connectivity index is 2.25. The molecular weight excluding hydrogens is 170 g/mol. The molecule has 4 nitrogen and oxygen atoms in total. The van der Waals surface area contributed by atoms with Crippen LogP contribution in [0.2, 0.25) is 0 Å². The summed E-state index contributed by atoms with van der Waals surface area (Å²) < 4.78 is 4.98. The first-order valence-corrected chi connectivity index (χ1v) is 4.19. The molecule has 0 bridgehead atoms. The second-order valence-electron chi connectivity index (χ2n) is 3.15. The third kappa shape index (κ3) is 2.63. The summed E-state index contributed by atoms with van der Waals surface area (Å²) in [4.78, 5) is 12.4. The van der Waals surface area contributed by atoms with E-state index in [1.165, 1.54) is 4.90 Å². The van der Waals surface area contributed by atoms with E-state index in [1.54, 1.807) is 7.05 Å². The van der Waals surface area contributed by atoms with Crippen LogP contribution in [0.5, 0.6) is 0 Å². The first-order chi connectivity index (χ1) is 6.13. The van der Waals surface area contributed by atoms with Gasteiger partial charge in [-0.05, 0) is 12.8 Å². The monoisotopic (exact) mass is 183 g/mol. The number of aliphatic hydroxyl groups excluding tert-OH is 1. The number of hydrogen-bond acceptors (Lipinski definition) is 3. The molecule has 1 saturated heterocycles. The number of ether oxygens (including phenoxy) is 1. The van der Waals surface area contributed by atoms with Crippen molar-refractivity contribution in [1.29, 1.82) is 0 Å². The lowest BCUT2D eigenvalue weighted by Gasteiger charge is -2.08. The largest absolute Gasteiger partial charge is 0.444 e. The van der Waals surface area contributed by atoms with Crippen LogP contribution in [0.4, 0.5) is 4.79 Å². The lowest BCUT2D eigenvalue weighted by Crippen LogP contribution is -2.19. The number of carbonyl (C=O) groups excluding carboxylic acids is 1. The van der Waals surface area contributed by atoms with Crippen LogP contribution in [-0.2, 0) is 4.74 Å². The van der Waals surface area contributed by atoms with Gasteiger partial charge in [-0.15, -0.1) is 6.42 Å². The molecule has 4 heteroatoms. The zero-order valence-electron chi connectivity index (χ0n) is 7.56. The van der Waals surface area contributed by atoms with E-state index in [4.69, 9.17) is 16.3 Å². The summed E-state index contributed by atoms with van der Waals surface area (Å²) in [6.45, 7) is 0.579. The predicted molar refractivity (Wildman–Crippen MR) is 47.0 cm³/mol. The highest BCUT2D eigenvalue weighted by Gasteiger charge is 2.27. The van der Waals surface area contributed by atoms with Crippen molar-refractivity contribution >= 4 is 6.09 Å². The number of nitrogens with zero attached hydrogens (tertiary/aromatic N) is 1. The number of amides is 1. The van der Waals surface area contributed by atoms with Gasteiger partial charge in [-0.1, -0.05) is 5.92 Å². The fourth-order valence-electron chi connectivity index (χ4n) is 1.23. The minimum atomic E-state index is -0.732. The van der Waals surface area contributed by atoms with Crippen LogP contribution in [0, 0.1) is 12.3 Å². The summed E-state index contributed by atoms with van der Waals surface area (Å²) in [5.41, 5.74) is 0. The summed E-state index contributed by atoms with van der Waals surface area (Å²) in [5, 5.41) is 9.06. The van der Waals surface area contributed by atoms with Gasteiger partial charge in [0.2, 0.25) is 0 Å². The third-order valence-corrected chi connectivity index (χ3v) is 2.01. The maximum absolute atomic E-state index is 10.9. The van der Waals surface area contributed by atoms with Crippen molar-refractivity contribution < 1.29 is 14.6 Å². The van der Waals surface area contributed by atoms with E-state index in [9.17, 15) is 4.79 Å². The van der Waals surface area contributed by atoms with Gasteiger partial charge in [-0.25, -0.2) is 4.79 Å². The van der Waals surface area contributed by atoms with Crippen molar-refractivity contribution in [2.24, 2.45) is 0 Å². The smallest absolute Gasteiger partial charge is 0.409 e. The van der Waals surface area contributed by atoms with E-state index >= 15 is 0 Å². The molecule has 0 radical (unpaired) electrons. The number of likely N-dealkylation sites (N-methyl/N-ethyl adjacent to an activating group) is 1. The molecular formula is C9H13NO3. The highest BCUT2D eigenvalue weighted by Crippen LogP contribution is 2.14. The average Bonchev–Trinajstić information content (AvgIpc) is 2.42. The van der Waals surface area contributed by atoms with E-state index in [0.29, 0.717) is 19.4 Å². The van der Waals surface area contributed by atoms with E-state index < -0.39 is 6.10 Å². The zero-order chi connectivity index (χ0) is 9.84. The molecule has 0 saturated carbocycles. The fraction of sp³-hybridized carbons (Fsp3) is 0.667. The van der Waals surface area contributed by atoms with Crippen molar-refractivity contribution in [1.82, 2.24) is 4.90 Å². The normalized spacial score (nSPS) is 23.9. The molecule has 1 amide bonds. The summed E-state index contributed by atoms with van der Waals surface area (Å²) in [7, 11) is 1.68. The van der Waals surface area contributed by atoms with Crippen LogP contribution in [0.15, 0.2) is 0 Å². The topological polar surface area (TPSA) is 49.8 Å². The van der Waals surface area contributed by atoms with E-state index in [0.717, 1.165) is 0 Å². The van der Waals surface area contributed by atoms with Gasteiger partial charge in [-0.2, -0.15) is 0 Å². The summed E-state index contributed by atoms with van der Waals surface area (Å²) in [6.07, 6.45) is 4.92. The Morgan fingerprint density at radius 3 is 3.08 bits per heavy atom. The Kier molecular flexibility index (Phi) is 3.15. The minimum Gasteiger partial charge on any atom is -0.444 e. The van der Waals surface area contributed by atoms with Crippen molar-refractivity contribution in [3.63, 3.8) is 0 Å². The number of rotatable bonds is 3. The van der Waals surface area contributed by atoms with Gasteiger partial charge in [0.15, 0.2) is 0 Å². The molecule has 0 spiro atoms. The fourth-order valence-corrected chi connectivity index (χ4v) is 1.23. The third-order valence-electron chi connectivity index (χ3n) is 2.01. The molecule has 1 fully saturated rings. The predicted octanol–water partition coefficient (Wildman–Crippen LogP) is 0.211. The number of hydrogen-bond donors (Lipinski definition) is 1. The second kappa shape index (κ2) is 4.15. The number of terminal acetylenes is 1. The highest BCUT2D eigenvalue weighted by molar-refractivity contribution is 5.69. The molecule has 0 aromatic carbocycles. The van der Waals surface area contributed by atoms with Gasteiger partial charge in [0.05, 0.1) is 6.54 Å². The molecule has 2 atom stereocenters. The van der Waals surface area contributed by atoms with Crippen molar-refractivity contribution in [2.45, 2.75) is 25.0 Å². The van der Waals surface area contributed by atoms with Crippen molar-refractivity contribution in [2.75, 3.05) is 13.6 Å². The van der Waals surface area contributed by atoms with Crippen LogP contribution in [0.3, 0.4) is 0 Å². The van der Waals surface area contributed by atoms with Crippen LogP contribution >= 0.6 is 0 Å². The van der Waals surface area contributed by atoms with Gasteiger partial charge in [-0.3, -0.25) is 0 Å². The van der Waals surface area contributed by atoms with Crippen LogP contribution in [-0.4, -0.2) is 41.9 Å². The molecule has 1 N–H and O–H groups in total. The Morgan fingerprint density at radius 1 is 1.92 bits per heavy atom. The van der Waals surface area contributed by atoms with Gasteiger partial charge in [0.25, 0.3) is 0 Å². The summed E-state index contributed by atoms with van der Waals surface area (Å²) >= 11 is 0. The van der Waals surface area contributed by atoms with E-state index in [2.05, 4.69) is 5.92 Å². The highest BCUT2D eigenvalue weighted by atomic mass is 16.6. The molecule has 1 heterocycles. The lowest BCUT2D eigenvalue weighted by molar-refractivity contribution is 0.120. The van der Waals surface area contributed by atoms with Crippen molar-refractivity contribution in [3.05, 3.63) is 0 Å². The zero-order valence-corrected chi connectivity index (χ0v) is 7.56. The Hall–Kier alpha value is -1.21. The SMILES string of the molecule is C#CC(O)CCC1CN(C)C(=O)O1. The number of carbonyl (C=O) groups is 1. The van der Waals surface area contributed by atoms with Crippen LogP contribution < -0.4 is 0 Å². The molecule has 1 rings (SSSR count). The minimum absolute atomic E-state index is 0.125. The van der Waals surface area contributed by atoms with Gasteiger partial charge < -0.3 is 14.7 Å². The lowest BCUT2D eigenvalue weighted by atomic mass is 10.1. The van der Waals surface area contributed by atoms with Gasteiger partial charge >= 0.3 is 6.09 Å². The number of aliphatic hydroxyl groups is 1. The molecule has 72 valence electrons. The molecule has 2 unspecified atom stereocenters. The van der Waals surface area contributed by atoms with E-state index in [-0.39, 0.29) is 12.2 Å². The van der Waals surface area contributed by atoms with Crippen molar-refractivity contribution in [3.8, 4) is 12.3 Å². The Morgan fingerprint density at radius 2 is 2.62 bits per heavy atom. The Labute approximate surface area is 77.5 Å². The van der Waals surface area contributed by atoms with Gasteiger partial charge in [0.1, 0.15) is 12.2 Å². The maximum Gasteiger partial charge on any atom is 0.409 e. The van der Waals surface area contributed by atoms with Gasteiger partial charge in [0, 0.05) is 7.05 Å². The molecule has 0 aromatic heterocycles. The molecule has 1 aliphatic rings. The van der Waals surface area contributed by atoms with E-state index in [1.807, 2.05) is 0 Å².